The first-order chi connectivity index (χ1) is 14.2. The van der Waals surface area contributed by atoms with Crippen LogP contribution in [0.2, 0.25) is 0 Å². The third-order valence-corrected chi connectivity index (χ3v) is 5.05. The van der Waals surface area contributed by atoms with Crippen molar-refractivity contribution < 1.29 is 22.9 Å². The second-order valence-electron chi connectivity index (χ2n) is 6.67. The molecule has 0 saturated heterocycles. The third-order valence-electron chi connectivity index (χ3n) is 4.46. The number of nitrogens with one attached hydrogen (secondary N) is 1. The summed E-state index contributed by atoms with van der Waals surface area (Å²) in [5.74, 6) is -0.468. The quantitative estimate of drug-likeness (QED) is 0.527. The number of carbonyl (C=O) groups excluding carboxylic acids is 1. The Morgan fingerprint density at radius 3 is 2.60 bits per heavy atom. The average Bonchev–Trinajstić information content (AvgIpc) is 3.12. The van der Waals surface area contributed by atoms with E-state index < -0.39 is 26.9 Å². The van der Waals surface area contributed by atoms with Gasteiger partial charge in [-0.3, -0.25) is 19.6 Å². The molecular formula is C19H20N4O6S. The number of sulfonamides is 1. The van der Waals surface area contributed by atoms with E-state index in [1.54, 1.807) is 42.5 Å². The minimum atomic E-state index is -3.55. The van der Waals surface area contributed by atoms with Gasteiger partial charge in [0.1, 0.15) is 6.61 Å². The molecule has 0 aliphatic carbocycles. The zero-order valence-electron chi connectivity index (χ0n) is 16.3. The Morgan fingerprint density at radius 2 is 1.93 bits per heavy atom. The molecule has 1 amide bonds. The molecule has 158 valence electrons. The highest BCUT2D eigenvalue weighted by molar-refractivity contribution is 7.92. The Morgan fingerprint density at radius 1 is 1.27 bits per heavy atom. The lowest BCUT2D eigenvalue weighted by Gasteiger charge is -2.21. The number of carbonyl (C=O) groups is 1. The minimum absolute atomic E-state index is 0.128. The first kappa shape index (κ1) is 21.4. The SMILES string of the molecule is COCC(=O)N1N=C(c2ccccc2NS(C)(=O)=O)C[C@H]1c1ccccc1[N+](=O)[O-]. The molecule has 11 heteroatoms. The van der Waals surface area contributed by atoms with Crippen molar-refractivity contribution in [3.05, 3.63) is 69.8 Å². The third kappa shape index (κ3) is 4.63. The first-order valence-corrected chi connectivity index (χ1v) is 10.8. The van der Waals surface area contributed by atoms with Gasteiger partial charge in [0.05, 0.1) is 34.2 Å². The molecule has 0 fully saturated rings. The Balaban J connectivity index is 2.07. The number of hydrogen-bond acceptors (Lipinski definition) is 7. The van der Waals surface area contributed by atoms with Crippen LogP contribution in [0, 0.1) is 10.1 Å². The lowest BCUT2D eigenvalue weighted by molar-refractivity contribution is -0.385. The van der Waals surface area contributed by atoms with E-state index >= 15 is 0 Å². The number of nitro groups is 1. The summed E-state index contributed by atoms with van der Waals surface area (Å²) in [5, 5.41) is 17.1. The van der Waals surface area contributed by atoms with Crippen LogP contribution in [-0.4, -0.2) is 49.9 Å². The van der Waals surface area contributed by atoms with Crippen molar-refractivity contribution in [2.24, 2.45) is 5.10 Å². The number of rotatable bonds is 7. The van der Waals surface area contributed by atoms with Crippen LogP contribution >= 0.6 is 0 Å². The maximum absolute atomic E-state index is 12.6. The summed E-state index contributed by atoms with van der Waals surface area (Å²) in [6.07, 6.45) is 1.20. The average molecular weight is 432 g/mol. The van der Waals surface area contributed by atoms with Gasteiger partial charge in [0.15, 0.2) is 0 Å². The minimum Gasteiger partial charge on any atom is -0.375 e. The van der Waals surface area contributed by atoms with Crippen LogP contribution in [0.1, 0.15) is 23.6 Å². The van der Waals surface area contributed by atoms with Gasteiger partial charge in [0, 0.05) is 25.2 Å². The van der Waals surface area contributed by atoms with E-state index in [9.17, 15) is 23.3 Å². The van der Waals surface area contributed by atoms with Crippen molar-refractivity contribution in [2.75, 3.05) is 24.7 Å². The van der Waals surface area contributed by atoms with Crippen molar-refractivity contribution in [3.8, 4) is 0 Å². The van der Waals surface area contributed by atoms with Crippen molar-refractivity contribution in [3.63, 3.8) is 0 Å². The highest BCUT2D eigenvalue weighted by atomic mass is 32.2. The second kappa shape index (κ2) is 8.59. The molecule has 1 atom stereocenters. The largest absolute Gasteiger partial charge is 0.375 e. The molecule has 2 aromatic rings. The van der Waals surface area contributed by atoms with Crippen molar-refractivity contribution in [2.45, 2.75) is 12.5 Å². The normalized spacial score (nSPS) is 16.3. The summed E-state index contributed by atoms with van der Waals surface area (Å²) in [5.41, 5.74) is 1.42. The molecule has 0 radical (unpaired) electrons. The number of anilines is 1. The van der Waals surface area contributed by atoms with Crippen molar-refractivity contribution in [1.29, 1.82) is 0 Å². The maximum atomic E-state index is 12.6. The van der Waals surface area contributed by atoms with E-state index in [1.807, 2.05) is 0 Å². The fraction of sp³-hybridized carbons (Fsp3) is 0.263. The summed E-state index contributed by atoms with van der Waals surface area (Å²) in [4.78, 5) is 23.6. The molecule has 1 aliphatic heterocycles. The van der Waals surface area contributed by atoms with Gasteiger partial charge in [-0.2, -0.15) is 5.10 Å². The summed E-state index contributed by atoms with van der Waals surface area (Å²) in [6, 6.07) is 12.1. The van der Waals surface area contributed by atoms with Crippen LogP contribution in [0.3, 0.4) is 0 Å². The fourth-order valence-electron chi connectivity index (χ4n) is 3.29. The number of hydrazone groups is 1. The Kier molecular flexibility index (Phi) is 6.13. The number of hydrogen-bond donors (Lipinski definition) is 1. The van der Waals surface area contributed by atoms with Crippen LogP contribution in [0.15, 0.2) is 53.6 Å². The number of benzene rings is 2. The number of para-hydroxylation sites is 2. The van der Waals surface area contributed by atoms with E-state index in [4.69, 9.17) is 4.74 Å². The molecule has 0 saturated carbocycles. The topological polar surface area (TPSA) is 131 Å². The van der Waals surface area contributed by atoms with E-state index in [0.717, 1.165) is 6.26 Å². The highest BCUT2D eigenvalue weighted by Gasteiger charge is 2.37. The molecule has 0 bridgehead atoms. The van der Waals surface area contributed by atoms with Crippen molar-refractivity contribution in [1.82, 2.24) is 5.01 Å². The zero-order chi connectivity index (χ0) is 21.9. The van der Waals surface area contributed by atoms with Crippen LogP contribution in [0.25, 0.3) is 0 Å². The summed E-state index contributed by atoms with van der Waals surface area (Å²) >= 11 is 0. The van der Waals surface area contributed by atoms with Gasteiger partial charge in [0.2, 0.25) is 10.0 Å². The molecule has 10 nitrogen and oxygen atoms in total. The molecule has 1 heterocycles. The standard InChI is InChI=1S/C19H20N4O6S/c1-29-12-19(24)22-18(14-8-4-6-10-17(14)23(25)26)11-16(20-22)13-7-3-5-9-15(13)21-30(2,27)28/h3-10,18,21H,11-12H2,1-2H3/t18-/m0/s1. The molecule has 0 spiro atoms. The summed E-state index contributed by atoms with van der Waals surface area (Å²) in [6.45, 7) is -0.253. The molecule has 1 aliphatic rings. The number of nitro benzene ring substituents is 1. The monoisotopic (exact) mass is 432 g/mol. The smallest absolute Gasteiger partial charge is 0.274 e. The fourth-order valence-corrected chi connectivity index (χ4v) is 3.87. The molecular weight excluding hydrogens is 412 g/mol. The molecule has 1 N–H and O–H groups in total. The number of ether oxygens (including phenoxy) is 1. The lowest BCUT2D eigenvalue weighted by atomic mass is 9.96. The Hall–Kier alpha value is -3.31. The van der Waals surface area contributed by atoms with Crippen LogP contribution in [0.5, 0.6) is 0 Å². The van der Waals surface area contributed by atoms with Crippen LogP contribution in [-0.2, 0) is 19.6 Å². The van der Waals surface area contributed by atoms with E-state index in [2.05, 4.69) is 9.82 Å². The van der Waals surface area contributed by atoms with Crippen molar-refractivity contribution >= 4 is 33.0 Å². The van der Waals surface area contributed by atoms with E-state index in [-0.39, 0.29) is 18.7 Å². The van der Waals surface area contributed by atoms with Gasteiger partial charge in [-0.1, -0.05) is 30.3 Å². The molecule has 2 aromatic carbocycles. The van der Waals surface area contributed by atoms with Gasteiger partial charge >= 0.3 is 0 Å². The maximum Gasteiger partial charge on any atom is 0.274 e. The van der Waals surface area contributed by atoms with E-state index in [1.165, 1.54) is 18.2 Å². The lowest BCUT2D eigenvalue weighted by Crippen LogP contribution is -2.30. The predicted octanol–water partition coefficient (Wildman–Crippen LogP) is 2.29. The van der Waals surface area contributed by atoms with Crippen LogP contribution < -0.4 is 4.72 Å². The molecule has 30 heavy (non-hydrogen) atoms. The van der Waals surface area contributed by atoms with Gasteiger partial charge in [-0.15, -0.1) is 0 Å². The second-order valence-corrected chi connectivity index (χ2v) is 8.42. The highest BCUT2D eigenvalue weighted by Crippen LogP contribution is 2.38. The van der Waals surface area contributed by atoms with Gasteiger partial charge < -0.3 is 4.74 Å². The summed E-state index contributed by atoms with van der Waals surface area (Å²) < 4.78 is 30.8. The van der Waals surface area contributed by atoms with Crippen LogP contribution in [0.4, 0.5) is 11.4 Å². The van der Waals surface area contributed by atoms with Gasteiger partial charge in [-0.25, -0.2) is 13.4 Å². The molecule has 3 rings (SSSR count). The number of methoxy groups -OCH3 is 1. The predicted molar refractivity (Wildman–Crippen MR) is 111 cm³/mol. The molecule has 0 aromatic heterocycles. The zero-order valence-corrected chi connectivity index (χ0v) is 17.1. The first-order valence-electron chi connectivity index (χ1n) is 8.90. The summed E-state index contributed by atoms with van der Waals surface area (Å²) in [7, 11) is -2.18. The van der Waals surface area contributed by atoms with Gasteiger partial charge in [0.25, 0.3) is 11.6 Å². The van der Waals surface area contributed by atoms with E-state index in [0.29, 0.717) is 22.5 Å². The number of amides is 1. The Labute approximate surface area is 173 Å². The van der Waals surface area contributed by atoms with Gasteiger partial charge in [-0.05, 0) is 12.1 Å². The number of nitrogens with zero attached hydrogens (tertiary/aromatic N) is 3. The molecule has 0 unspecified atom stereocenters. The Bertz CT molecular complexity index is 1120.